The lowest BCUT2D eigenvalue weighted by Crippen LogP contribution is -2.16. The largest absolute Gasteiger partial charge is 0.473 e. The summed E-state index contributed by atoms with van der Waals surface area (Å²) >= 11 is 0. The van der Waals surface area contributed by atoms with Crippen LogP contribution in [-0.2, 0) is 0 Å². The highest BCUT2D eigenvalue weighted by atomic mass is 19.1. The number of rotatable bonds is 5. The van der Waals surface area contributed by atoms with Gasteiger partial charge in [-0.25, -0.2) is 14.1 Å². The van der Waals surface area contributed by atoms with Crippen LogP contribution < -0.4 is 10.1 Å². The second kappa shape index (κ2) is 7.12. The third-order valence-electron chi connectivity index (χ3n) is 3.28. The first kappa shape index (κ1) is 16.6. The number of carbonyl (C=O) groups is 1. The van der Waals surface area contributed by atoms with Gasteiger partial charge in [-0.15, -0.1) is 0 Å². The van der Waals surface area contributed by atoms with E-state index >= 15 is 0 Å². The van der Waals surface area contributed by atoms with Crippen molar-refractivity contribution in [2.24, 2.45) is 0 Å². The molecule has 128 valence electrons. The van der Waals surface area contributed by atoms with Crippen LogP contribution in [0.2, 0.25) is 0 Å². The van der Waals surface area contributed by atoms with Crippen LogP contribution in [0.15, 0.2) is 54.9 Å². The van der Waals surface area contributed by atoms with E-state index in [-0.39, 0.29) is 23.5 Å². The molecule has 0 aliphatic heterocycles. The van der Waals surface area contributed by atoms with Gasteiger partial charge in [-0.05, 0) is 56.3 Å². The summed E-state index contributed by atoms with van der Waals surface area (Å²) in [5.74, 6) is -0.366. The zero-order valence-electron chi connectivity index (χ0n) is 13.8. The van der Waals surface area contributed by atoms with E-state index in [0.717, 1.165) is 0 Å². The predicted octanol–water partition coefficient (Wildman–Crippen LogP) is 3.45. The molecule has 2 heterocycles. The number of amides is 1. The van der Waals surface area contributed by atoms with Crippen molar-refractivity contribution in [3.05, 3.63) is 66.4 Å². The van der Waals surface area contributed by atoms with E-state index in [4.69, 9.17) is 4.74 Å². The number of hydrogen-bond donors (Lipinski definition) is 1. The van der Waals surface area contributed by atoms with Gasteiger partial charge in [0.15, 0.2) is 5.69 Å². The van der Waals surface area contributed by atoms with Crippen molar-refractivity contribution in [3.8, 4) is 11.6 Å². The zero-order valence-corrected chi connectivity index (χ0v) is 13.8. The van der Waals surface area contributed by atoms with Gasteiger partial charge in [-0.1, -0.05) is 0 Å². The van der Waals surface area contributed by atoms with Crippen molar-refractivity contribution >= 4 is 11.6 Å². The van der Waals surface area contributed by atoms with Gasteiger partial charge in [-0.3, -0.25) is 4.79 Å². The molecule has 0 unspecified atom stereocenters. The summed E-state index contributed by atoms with van der Waals surface area (Å²) in [7, 11) is 0. The Kier molecular flexibility index (Phi) is 4.74. The maximum absolute atomic E-state index is 13.0. The molecule has 0 saturated carbocycles. The Morgan fingerprint density at radius 2 is 1.96 bits per heavy atom. The molecule has 25 heavy (non-hydrogen) atoms. The Morgan fingerprint density at radius 3 is 2.68 bits per heavy atom. The van der Waals surface area contributed by atoms with Crippen molar-refractivity contribution < 1.29 is 13.9 Å². The molecule has 0 spiro atoms. The SMILES string of the molecule is CC(C)Oc1ncccc1NC(=O)c1ccn(-c2ccc(F)cc2)n1. The van der Waals surface area contributed by atoms with Crippen molar-refractivity contribution in [3.63, 3.8) is 0 Å². The van der Waals surface area contributed by atoms with Gasteiger partial charge in [0.2, 0.25) is 5.88 Å². The Hall–Kier alpha value is -3.22. The molecule has 0 aliphatic rings. The Bertz CT molecular complexity index is 875. The lowest BCUT2D eigenvalue weighted by atomic mass is 10.3. The van der Waals surface area contributed by atoms with Crippen LogP contribution in [0.4, 0.5) is 10.1 Å². The second-order valence-corrected chi connectivity index (χ2v) is 5.60. The molecule has 0 aliphatic carbocycles. The standard InChI is InChI=1S/C18H17FN4O2/c1-12(2)25-18-16(4-3-10-20-18)21-17(24)15-9-11-23(22-15)14-7-5-13(19)6-8-14/h3-12H,1-2H3,(H,21,24). The molecule has 0 saturated heterocycles. The predicted molar refractivity (Wildman–Crippen MR) is 91.5 cm³/mol. The molecular formula is C18H17FN4O2. The van der Waals surface area contributed by atoms with Crippen molar-refractivity contribution in [1.29, 1.82) is 0 Å². The molecule has 7 heteroatoms. The van der Waals surface area contributed by atoms with E-state index in [9.17, 15) is 9.18 Å². The number of pyridine rings is 1. The Labute approximate surface area is 144 Å². The number of hydrogen-bond acceptors (Lipinski definition) is 4. The maximum Gasteiger partial charge on any atom is 0.276 e. The van der Waals surface area contributed by atoms with Gasteiger partial charge in [-0.2, -0.15) is 5.10 Å². The number of nitrogens with zero attached hydrogens (tertiary/aromatic N) is 3. The van der Waals surface area contributed by atoms with E-state index in [1.54, 1.807) is 42.7 Å². The molecule has 0 fully saturated rings. The number of carbonyl (C=O) groups excluding carboxylic acids is 1. The molecule has 3 aromatic rings. The van der Waals surface area contributed by atoms with Crippen LogP contribution in [0.5, 0.6) is 5.88 Å². The topological polar surface area (TPSA) is 69.0 Å². The minimum atomic E-state index is -0.387. The maximum atomic E-state index is 13.0. The molecule has 0 bridgehead atoms. The van der Waals surface area contributed by atoms with Gasteiger partial charge >= 0.3 is 0 Å². The van der Waals surface area contributed by atoms with Crippen molar-refractivity contribution in [2.75, 3.05) is 5.32 Å². The second-order valence-electron chi connectivity index (χ2n) is 5.60. The molecule has 1 amide bonds. The quantitative estimate of drug-likeness (QED) is 0.772. The highest BCUT2D eigenvalue weighted by molar-refractivity contribution is 6.03. The number of nitrogens with one attached hydrogen (secondary N) is 1. The number of ether oxygens (including phenoxy) is 1. The Morgan fingerprint density at radius 1 is 1.20 bits per heavy atom. The van der Waals surface area contributed by atoms with Crippen LogP contribution in [0.25, 0.3) is 5.69 Å². The van der Waals surface area contributed by atoms with Gasteiger partial charge < -0.3 is 10.1 Å². The first-order valence-electron chi connectivity index (χ1n) is 7.77. The van der Waals surface area contributed by atoms with Crippen molar-refractivity contribution in [1.82, 2.24) is 14.8 Å². The fourth-order valence-corrected chi connectivity index (χ4v) is 2.17. The van der Waals surface area contributed by atoms with Gasteiger partial charge in [0, 0.05) is 12.4 Å². The van der Waals surface area contributed by atoms with E-state index in [2.05, 4.69) is 15.4 Å². The van der Waals surface area contributed by atoms with Crippen LogP contribution in [-0.4, -0.2) is 26.8 Å². The van der Waals surface area contributed by atoms with Gasteiger partial charge in [0.1, 0.15) is 11.5 Å². The first-order valence-corrected chi connectivity index (χ1v) is 7.77. The van der Waals surface area contributed by atoms with Gasteiger partial charge in [0.05, 0.1) is 11.8 Å². The van der Waals surface area contributed by atoms with Crippen LogP contribution in [0, 0.1) is 5.82 Å². The fourth-order valence-electron chi connectivity index (χ4n) is 2.17. The number of halogens is 1. The average Bonchev–Trinajstić information content (AvgIpc) is 3.07. The van der Waals surface area contributed by atoms with Crippen LogP contribution in [0.3, 0.4) is 0 Å². The fraction of sp³-hybridized carbons (Fsp3) is 0.167. The van der Waals surface area contributed by atoms with E-state index in [0.29, 0.717) is 17.3 Å². The molecule has 1 N–H and O–H groups in total. The molecule has 6 nitrogen and oxygen atoms in total. The lowest BCUT2D eigenvalue weighted by molar-refractivity contribution is 0.102. The molecule has 1 aromatic carbocycles. The smallest absolute Gasteiger partial charge is 0.276 e. The molecular weight excluding hydrogens is 323 g/mol. The summed E-state index contributed by atoms with van der Waals surface area (Å²) in [4.78, 5) is 16.5. The molecule has 0 atom stereocenters. The zero-order chi connectivity index (χ0) is 17.8. The third kappa shape index (κ3) is 4.00. The minimum Gasteiger partial charge on any atom is -0.473 e. The normalized spacial score (nSPS) is 10.7. The van der Waals surface area contributed by atoms with E-state index < -0.39 is 0 Å². The minimum absolute atomic E-state index is 0.0664. The van der Waals surface area contributed by atoms with E-state index in [1.807, 2.05) is 13.8 Å². The van der Waals surface area contributed by atoms with Crippen LogP contribution >= 0.6 is 0 Å². The summed E-state index contributed by atoms with van der Waals surface area (Å²) < 4.78 is 20.1. The summed E-state index contributed by atoms with van der Waals surface area (Å²) in [5, 5.41) is 6.96. The number of aromatic nitrogens is 3. The monoisotopic (exact) mass is 340 g/mol. The number of benzene rings is 1. The summed E-state index contributed by atoms with van der Waals surface area (Å²) in [6.07, 6.45) is 3.16. The first-order chi connectivity index (χ1) is 12.0. The average molecular weight is 340 g/mol. The molecule has 0 radical (unpaired) electrons. The Balaban J connectivity index is 1.78. The van der Waals surface area contributed by atoms with Gasteiger partial charge in [0.25, 0.3) is 5.91 Å². The summed E-state index contributed by atoms with van der Waals surface area (Å²) in [6.45, 7) is 3.76. The summed E-state index contributed by atoms with van der Waals surface area (Å²) in [6, 6.07) is 10.8. The van der Waals surface area contributed by atoms with E-state index in [1.165, 1.54) is 16.8 Å². The van der Waals surface area contributed by atoms with Crippen LogP contribution in [0.1, 0.15) is 24.3 Å². The number of anilines is 1. The lowest BCUT2D eigenvalue weighted by Gasteiger charge is -2.12. The summed E-state index contributed by atoms with van der Waals surface area (Å²) in [5.41, 5.74) is 1.35. The highest BCUT2D eigenvalue weighted by Crippen LogP contribution is 2.22. The molecule has 3 rings (SSSR count). The highest BCUT2D eigenvalue weighted by Gasteiger charge is 2.14. The third-order valence-corrected chi connectivity index (χ3v) is 3.28. The van der Waals surface area contributed by atoms with Crippen molar-refractivity contribution in [2.45, 2.75) is 20.0 Å². The molecule has 2 aromatic heterocycles.